The summed E-state index contributed by atoms with van der Waals surface area (Å²) in [7, 11) is 0. The number of carbonyl (C=O) groups is 1. The van der Waals surface area contributed by atoms with Crippen LogP contribution >= 0.6 is 0 Å². The molecule has 0 aliphatic rings. The third-order valence-electron chi connectivity index (χ3n) is 3.29. The lowest BCUT2D eigenvalue weighted by atomic mass is 10.1. The molecule has 3 rings (SSSR count). The fourth-order valence-corrected chi connectivity index (χ4v) is 2.41. The van der Waals surface area contributed by atoms with Gasteiger partial charge in [-0.05, 0) is 24.6 Å². The SMILES string of the molecule is Cc1cccc(Cc2ncc3cccc(C(=O)O)n23)c1. The van der Waals surface area contributed by atoms with Crippen molar-refractivity contribution in [2.75, 3.05) is 0 Å². The van der Waals surface area contributed by atoms with E-state index in [0.717, 1.165) is 16.9 Å². The highest BCUT2D eigenvalue weighted by Crippen LogP contribution is 2.15. The molecule has 4 nitrogen and oxygen atoms in total. The molecule has 0 spiro atoms. The Hall–Kier alpha value is -2.62. The second-order valence-electron chi connectivity index (χ2n) is 4.82. The van der Waals surface area contributed by atoms with E-state index < -0.39 is 5.97 Å². The van der Waals surface area contributed by atoms with Gasteiger partial charge in [-0.15, -0.1) is 0 Å². The Bertz CT molecular complexity index is 790. The molecule has 0 aliphatic carbocycles. The first-order chi connectivity index (χ1) is 9.65. The molecule has 4 heteroatoms. The van der Waals surface area contributed by atoms with Crippen molar-refractivity contribution in [3.63, 3.8) is 0 Å². The summed E-state index contributed by atoms with van der Waals surface area (Å²) in [5.41, 5.74) is 3.34. The minimum atomic E-state index is -0.945. The molecule has 1 N–H and O–H groups in total. The normalized spacial score (nSPS) is 10.8. The maximum Gasteiger partial charge on any atom is 0.352 e. The van der Waals surface area contributed by atoms with Crippen molar-refractivity contribution in [3.05, 3.63) is 71.3 Å². The predicted octanol–water partition coefficient (Wildman–Crippen LogP) is 2.93. The van der Waals surface area contributed by atoms with E-state index in [4.69, 9.17) is 0 Å². The molecule has 0 amide bonds. The van der Waals surface area contributed by atoms with Crippen LogP contribution in [0.4, 0.5) is 0 Å². The van der Waals surface area contributed by atoms with E-state index in [2.05, 4.69) is 11.1 Å². The van der Waals surface area contributed by atoms with E-state index in [-0.39, 0.29) is 5.69 Å². The summed E-state index contributed by atoms with van der Waals surface area (Å²) < 4.78 is 1.70. The average molecular weight is 266 g/mol. The van der Waals surface area contributed by atoms with E-state index in [9.17, 15) is 9.90 Å². The highest BCUT2D eigenvalue weighted by atomic mass is 16.4. The van der Waals surface area contributed by atoms with Crippen LogP contribution in [-0.2, 0) is 6.42 Å². The van der Waals surface area contributed by atoms with Crippen molar-refractivity contribution in [3.8, 4) is 0 Å². The molecule has 100 valence electrons. The van der Waals surface area contributed by atoms with E-state index in [0.29, 0.717) is 6.42 Å². The van der Waals surface area contributed by atoms with Gasteiger partial charge in [-0.25, -0.2) is 9.78 Å². The van der Waals surface area contributed by atoms with Crippen LogP contribution in [0.15, 0.2) is 48.7 Å². The summed E-state index contributed by atoms with van der Waals surface area (Å²) >= 11 is 0. The second kappa shape index (κ2) is 4.81. The van der Waals surface area contributed by atoms with Crippen molar-refractivity contribution in [2.45, 2.75) is 13.3 Å². The first-order valence-electron chi connectivity index (χ1n) is 6.39. The van der Waals surface area contributed by atoms with Crippen molar-refractivity contribution in [1.82, 2.24) is 9.38 Å². The number of fused-ring (bicyclic) bond motifs is 1. The lowest BCUT2D eigenvalue weighted by molar-refractivity contribution is 0.0688. The second-order valence-corrected chi connectivity index (χ2v) is 4.82. The quantitative estimate of drug-likeness (QED) is 0.793. The summed E-state index contributed by atoms with van der Waals surface area (Å²) in [5.74, 6) is -0.206. The summed E-state index contributed by atoms with van der Waals surface area (Å²) in [5, 5.41) is 9.29. The third kappa shape index (κ3) is 2.16. The molecular formula is C16H14N2O2. The van der Waals surface area contributed by atoms with Crippen LogP contribution in [0, 0.1) is 6.92 Å². The van der Waals surface area contributed by atoms with Crippen LogP contribution in [0.25, 0.3) is 5.52 Å². The zero-order chi connectivity index (χ0) is 14.1. The summed E-state index contributed by atoms with van der Waals surface area (Å²) in [6, 6.07) is 13.3. The molecule has 1 aromatic carbocycles. The molecule has 0 bridgehead atoms. The van der Waals surface area contributed by atoms with E-state index in [1.165, 1.54) is 5.56 Å². The molecule has 20 heavy (non-hydrogen) atoms. The highest BCUT2D eigenvalue weighted by molar-refractivity contribution is 5.86. The molecular weight excluding hydrogens is 252 g/mol. The van der Waals surface area contributed by atoms with Gasteiger partial charge in [0.25, 0.3) is 0 Å². The Morgan fingerprint density at radius 3 is 2.80 bits per heavy atom. The number of aromatic carboxylic acids is 1. The Balaban J connectivity index is 2.10. The van der Waals surface area contributed by atoms with Gasteiger partial charge in [0.15, 0.2) is 0 Å². The molecule has 0 unspecified atom stereocenters. The van der Waals surface area contributed by atoms with Gasteiger partial charge in [0.05, 0.1) is 11.7 Å². The van der Waals surface area contributed by atoms with Crippen LogP contribution in [-0.4, -0.2) is 20.5 Å². The minimum absolute atomic E-state index is 0.239. The largest absolute Gasteiger partial charge is 0.477 e. The van der Waals surface area contributed by atoms with Gasteiger partial charge in [-0.3, -0.25) is 4.40 Å². The topological polar surface area (TPSA) is 54.6 Å². The van der Waals surface area contributed by atoms with Crippen molar-refractivity contribution >= 4 is 11.5 Å². The Labute approximate surface area is 116 Å². The fourth-order valence-electron chi connectivity index (χ4n) is 2.41. The van der Waals surface area contributed by atoms with Gasteiger partial charge in [0, 0.05) is 6.42 Å². The zero-order valence-electron chi connectivity index (χ0n) is 11.1. The third-order valence-corrected chi connectivity index (χ3v) is 3.29. The number of hydrogen-bond acceptors (Lipinski definition) is 2. The lowest BCUT2D eigenvalue weighted by Gasteiger charge is -2.06. The fraction of sp³-hybridized carbons (Fsp3) is 0.125. The van der Waals surface area contributed by atoms with Crippen LogP contribution in [0.1, 0.15) is 27.4 Å². The molecule has 3 aromatic rings. The highest BCUT2D eigenvalue weighted by Gasteiger charge is 2.12. The number of pyridine rings is 1. The molecule has 0 fully saturated rings. The number of rotatable bonds is 3. The summed E-state index contributed by atoms with van der Waals surface area (Å²) in [6.45, 7) is 2.04. The van der Waals surface area contributed by atoms with Crippen molar-refractivity contribution < 1.29 is 9.90 Å². The summed E-state index contributed by atoms with van der Waals surface area (Å²) in [4.78, 5) is 15.7. The number of carboxylic acids is 1. The maximum absolute atomic E-state index is 11.3. The maximum atomic E-state index is 11.3. The van der Waals surface area contributed by atoms with Crippen molar-refractivity contribution in [1.29, 1.82) is 0 Å². The van der Waals surface area contributed by atoms with Gasteiger partial charge in [0.1, 0.15) is 11.5 Å². The first-order valence-corrected chi connectivity index (χ1v) is 6.39. The molecule has 0 radical (unpaired) electrons. The summed E-state index contributed by atoms with van der Waals surface area (Å²) in [6.07, 6.45) is 2.32. The van der Waals surface area contributed by atoms with Gasteiger partial charge in [-0.2, -0.15) is 0 Å². The van der Waals surface area contributed by atoms with Crippen LogP contribution in [0.2, 0.25) is 0 Å². The van der Waals surface area contributed by atoms with Crippen LogP contribution < -0.4 is 0 Å². The lowest BCUT2D eigenvalue weighted by Crippen LogP contribution is -2.08. The first kappa shape index (κ1) is 12.4. The van der Waals surface area contributed by atoms with Crippen LogP contribution in [0.5, 0.6) is 0 Å². The van der Waals surface area contributed by atoms with Crippen LogP contribution in [0.3, 0.4) is 0 Å². The van der Waals surface area contributed by atoms with Gasteiger partial charge >= 0.3 is 5.97 Å². The van der Waals surface area contributed by atoms with Gasteiger partial charge in [-0.1, -0.05) is 35.9 Å². The number of aryl methyl sites for hydroxylation is 1. The molecule has 0 saturated carbocycles. The minimum Gasteiger partial charge on any atom is -0.477 e. The monoisotopic (exact) mass is 266 g/mol. The number of aromatic nitrogens is 2. The van der Waals surface area contributed by atoms with E-state index in [1.807, 2.05) is 31.2 Å². The van der Waals surface area contributed by atoms with Crippen molar-refractivity contribution in [2.24, 2.45) is 0 Å². The van der Waals surface area contributed by atoms with E-state index >= 15 is 0 Å². The Kier molecular flexibility index (Phi) is 2.99. The number of imidazole rings is 1. The zero-order valence-corrected chi connectivity index (χ0v) is 11.1. The Morgan fingerprint density at radius 2 is 2.05 bits per heavy atom. The number of benzene rings is 1. The molecule has 0 atom stereocenters. The standard InChI is InChI=1S/C16H14N2O2/c1-11-4-2-5-12(8-11)9-15-17-10-13-6-3-7-14(16(19)20)18(13)15/h2-8,10H,9H2,1H3,(H,19,20). The smallest absolute Gasteiger partial charge is 0.352 e. The van der Waals surface area contributed by atoms with Gasteiger partial charge < -0.3 is 5.11 Å². The number of hydrogen-bond donors (Lipinski definition) is 1. The average Bonchev–Trinajstić information content (AvgIpc) is 2.82. The number of nitrogens with zero attached hydrogens (tertiary/aromatic N) is 2. The Morgan fingerprint density at radius 1 is 1.25 bits per heavy atom. The van der Waals surface area contributed by atoms with Gasteiger partial charge in [0.2, 0.25) is 0 Å². The molecule has 2 heterocycles. The molecule has 0 saturated heterocycles. The molecule has 0 aliphatic heterocycles. The van der Waals surface area contributed by atoms with E-state index in [1.54, 1.807) is 22.7 Å². The number of carboxylic acid groups (broad SMARTS) is 1. The predicted molar refractivity (Wildman–Crippen MR) is 76.1 cm³/mol. The molecule has 2 aromatic heterocycles.